The molecule has 0 spiro atoms. The molecular formula is C14H24N2. The molecule has 0 fully saturated rings. The van der Waals surface area contributed by atoms with Gasteiger partial charge in [-0.1, -0.05) is 33.8 Å². The van der Waals surface area contributed by atoms with Gasteiger partial charge >= 0.3 is 0 Å². The molecule has 1 N–H and O–H groups in total. The third kappa shape index (κ3) is 3.93. The van der Waals surface area contributed by atoms with Crippen molar-refractivity contribution in [1.29, 1.82) is 0 Å². The summed E-state index contributed by atoms with van der Waals surface area (Å²) in [6.07, 6.45) is 3.07. The smallest absolute Gasteiger partial charge is 0.0541 e. The van der Waals surface area contributed by atoms with Crippen LogP contribution in [0.3, 0.4) is 0 Å². The first-order valence-electron chi connectivity index (χ1n) is 6.08. The van der Waals surface area contributed by atoms with Crippen molar-refractivity contribution < 1.29 is 0 Å². The SMILES string of the molecule is CCC(NCc1ccc(C)cn1)C(C)(C)C. The van der Waals surface area contributed by atoms with E-state index in [-0.39, 0.29) is 0 Å². The van der Waals surface area contributed by atoms with E-state index in [9.17, 15) is 0 Å². The molecule has 2 nitrogen and oxygen atoms in total. The van der Waals surface area contributed by atoms with E-state index in [0.29, 0.717) is 11.5 Å². The summed E-state index contributed by atoms with van der Waals surface area (Å²) in [7, 11) is 0. The molecule has 0 aliphatic heterocycles. The number of nitrogens with zero attached hydrogens (tertiary/aromatic N) is 1. The molecule has 1 heterocycles. The largest absolute Gasteiger partial charge is 0.308 e. The zero-order valence-electron chi connectivity index (χ0n) is 11.2. The molecule has 1 rings (SSSR count). The zero-order chi connectivity index (χ0) is 12.2. The first-order chi connectivity index (χ1) is 7.43. The van der Waals surface area contributed by atoms with Crippen molar-refractivity contribution in [2.45, 2.75) is 53.6 Å². The van der Waals surface area contributed by atoms with E-state index in [0.717, 1.165) is 18.7 Å². The Morgan fingerprint density at radius 1 is 1.31 bits per heavy atom. The molecule has 1 atom stereocenters. The van der Waals surface area contributed by atoms with E-state index >= 15 is 0 Å². The summed E-state index contributed by atoms with van der Waals surface area (Å²) in [5, 5.41) is 3.58. The zero-order valence-corrected chi connectivity index (χ0v) is 11.2. The highest BCUT2D eigenvalue weighted by Crippen LogP contribution is 2.21. The van der Waals surface area contributed by atoms with Gasteiger partial charge in [-0.15, -0.1) is 0 Å². The van der Waals surface area contributed by atoms with E-state index in [4.69, 9.17) is 0 Å². The van der Waals surface area contributed by atoms with Crippen molar-refractivity contribution in [3.63, 3.8) is 0 Å². The van der Waals surface area contributed by atoms with Gasteiger partial charge in [0.1, 0.15) is 0 Å². The predicted octanol–water partition coefficient (Wildman–Crippen LogP) is 3.30. The number of rotatable bonds is 4. The number of aromatic nitrogens is 1. The summed E-state index contributed by atoms with van der Waals surface area (Å²) in [6, 6.07) is 4.75. The molecule has 0 saturated carbocycles. The summed E-state index contributed by atoms with van der Waals surface area (Å²) in [5.74, 6) is 0. The second kappa shape index (κ2) is 5.44. The van der Waals surface area contributed by atoms with Gasteiger partial charge in [0, 0.05) is 18.8 Å². The maximum atomic E-state index is 4.40. The molecule has 2 heteroatoms. The lowest BCUT2D eigenvalue weighted by Crippen LogP contribution is -2.39. The number of aryl methyl sites for hydroxylation is 1. The van der Waals surface area contributed by atoms with Crippen LogP contribution < -0.4 is 5.32 Å². The molecule has 0 aliphatic rings. The van der Waals surface area contributed by atoms with E-state index < -0.39 is 0 Å². The monoisotopic (exact) mass is 220 g/mol. The van der Waals surface area contributed by atoms with Crippen LogP contribution in [-0.4, -0.2) is 11.0 Å². The fraction of sp³-hybridized carbons (Fsp3) is 0.643. The van der Waals surface area contributed by atoms with Gasteiger partial charge in [-0.05, 0) is 30.4 Å². The highest BCUT2D eigenvalue weighted by atomic mass is 14.9. The van der Waals surface area contributed by atoms with Crippen LogP contribution in [-0.2, 0) is 6.54 Å². The van der Waals surface area contributed by atoms with E-state index in [1.165, 1.54) is 5.56 Å². The van der Waals surface area contributed by atoms with Crippen molar-refractivity contribution in [2.24, 2.45) is 5.41 Å². The lowest BCUT2D eigenvalue weighted by molar-refractivity contribution is 0.259. The Bertz CT molecular complexity index is 309. The summed E-state index contributed by atoms with van der Waals surface area (Å²) in [4.78, 5) is 4.40. The topological polar surface area (TPSA) is 24.9 Å². The Kier molecular flexibility index (Phi) is 4.48. The second-order valence-electron chi connectivity index (χ2n) is 5.53. The summed E-state index contributed by atoms with van der Waals surface area (Å²) >= 11 is 0. The number of pyridine rings is 1. The minimum Gasteiger partial charge on any atom is -0.308 e. The molecule has 1 aromatic heterocycles. The van der Waals surface area contributed by atoms with E-state index in [2.05, 4.69) is 57.1 Å². The maximum absolute atomic E-state index is 4.40. The standard InChI is InChI=1S/C14H24N2/c1-6-13(14(3,4)5)16-10-12-8-7-11(2)9-15-12/h7-9,13,16H,6,10H2,1-5H3. The minimum absolute atomic E-state index is 0.305. The van der Waals surface area contributed by atoms with Crippen LogP contribution in [0.1, 0.15) is 45.4 Å². The fourth-order valence-corrected chi connectivity index (χ4v) is 1.89. The molecule has 0 aliphatic carbocycles. The number of hydrogen-bond donors (Lipinski definition) is 1. The van der Waals surface area contributed by atoms with Crippen LogP contribution in [0.15, 0.2) is 18.3 Å². The molecule has 0 saturated heterocycles. The van der Waals surface area contributed by atoms with Crippen molar-refractivity contribution in [1.82, 2.24) is 10.3 Å². The summed E-state index contributed by atoms with van der Waals surface area (Å²) < 4.78 is 0. The quantitative estimate of drug-likeness (QED) is 0.842. The Balaban J connectivity index is 2.53. The maximum Gasteiger partial charge on any atom is 0.0541 e. The van der Waals surface area contributed by atoms with Gasteiger partial charge in [-0.25, -0.2) is 0 Å². The lowest BCUT2D eigenvalue weighted by atomic mass is 9.85. The predicted molar refractivity (Wildman–Crippen MR) is 69.3 cm³/mol. The molecule has 1 aromatic rings. The Hall–Kier alpha value is -0.890. The molecule has 90 valence electrons. The van der Waals surface area contributed by atoms with Crippen LogP contribution in [0.4, 0.5) is 0 Å². The summed E-state index contributed by atoms with van der Waals surface area (Å²) in [6.45, 7) is 12.0. The first-order valence-corrected chi connectivity index (χ1v) is 6.08. The number of nitrogens with one attached hydrogen (secondary N) is 1. The van der Waals surface area contributed by atoms with Gasteiger partial charge in [-0.2, -0.15) is 0 Å². The van der Waals surface area contributed by atoms with Crippen molar-refractivity contribution >= 4 is 0 Å². The van der Waals surface area contributed by atoms with Gasteiger partial charge in [0.25, 0.3) is 0 Å². The van der Waals surface area contributed by atoms with Gasteiger partial charge in [0.05, 0.1) is 5.69 Å². The van der Waals surface area contributed by atoms with E-state index in [1.807, 2.05) is 6.20 Å². The normalized spacial score (nSPS) is 13.8. The summed E-state index contributed by atoms with van der Waals surface area (Å²) in [5.41, 5.74) is 2.64. The van der Waals surface area contributed by atoms with Crippen LogP contribution in [0, 0.1) is 12.3 Å². The Morgan fingerprint density at radius 3 is 2.44 bits per heavy atom. The van der Waals surface area contributed by atoms with Crippen molar-refractivity contribution in [3.05, 3.63) is 29.6 Å². The first kappa shape index (κ1) is 13.2. The second-order valence-corrected chi connectivity index (χ2v) is 5.53. The third-order valence-electron chi connectivity index (χ3n) is 2.96. The molecule has 0 radical (unpaired) electrons. The Morgan fingerprint density at radius 2 is 2.00 bits per heavy atom. The molecule has 0 amide bonds. The van der Waals surface area contributed by atoms with Gasteiger partial charge in [0.2, 0.25) is 0 Å². The van der Waals surface area contributed by atoms with E-state index in [1.54, 1.807) is 0 Å². The molecule has 0 bridgehead atoms. The molecular weight excluding hydrogens is 196 g/mol. The van der Waals surface area contributed by atoms with Crippen LogP contribution >= 0.6 is 0 Å². The average Bonchev–Trinajstić information content (AvgIpc) is 2.19. The van der Waals surface area contributed by atoms with Gasteiger partial charge < -0.3 is 5.32 Å². The minimum atomic E-state index is 0.305. The fourth-order valence-electron chi connectivity index (χ4n) is 1.89. The molecule has 0 aromatic carbocycles. The molecule has 16 heavy (non-hydrogen) atoms. The van der Waals surface area contributed by atoms with Crippen LogP contribution in [0.2, 0.25) is 0 Å². The highest BCUT2D eigenvalue weighted by Gasteiger charge is 2.21. The average molecular weight is 220 g/mol. The highest BCUT2D eigenvalue weighted by molar-refractivity contribution is 5.12. The third-order valence-corrected chi connectivity index (χ3v) is 2.96. The van der Waals surface area contributed by atoms with Crippen LogP contribution in [0.25, 0.3) is 0 Å². The van der Waals surface area contributed by atoms with Crippen molar-refractivity contribution in [3.8, 4) is 0 Å². The van der Waals surface area contributed by atoms with Gasteiger partial charge in [-0.3, -0.25) is 4.98 Å². The van der Waals surface area contributed by atoms with Crippen LogP contribution in [0.5, 0.6) is 0 Å². The van der Waals surface area contributed by atoms with Crippen molar-refractivity contribution in [2.75, 3.05) is 0 Å². The lowest BCUT2D eigenvalue weighted by Gasteiger charge is -2.30. The van der Waals surface area contributed by atoms with Gasteiger partial charge in [0.15, 0.2) is 0 Å². The number of hydrogen-bond acceptors (Lipinski definition) is 2. The Labute approximate surface area is 99.5 Å². The molecule has 1 unspecified atom stereocenters.